The lowest BCUT2D eigenvalue weighted by molar-refractivity contribution is -0.161. The number of hydrogen-bond donors (Lipinski definition) is 3. The van der Waals surface area contributed by atoms with Crippen LogP contribution >= 0.6 is 12.6 Å². The van der Waals surface area contributed by atoms with Gasteiger partial charge in [0.05, 0.1) is 6.04 Å². The maximum Gasteiger partial charge on any atom is 0.408 e. The molecule has 4 atom stereocenters. The molecule has 0 aliphatic carbocycles. The third kappa shape index (κ3) is 2.53. The first-order chi connectivity index (χ1) is 9.88. The van der Waals surface area contributed by atoms with Gasteiger partial charge in [0.15, 0.2) is 0 Å². The molecule has 2 amide bonds. The van der Waals surface area contributed by atoms with Crippen LogP contribution in [0.25, 0.3) is 0 Å². The van der Waals surface area contributed by atoms with Crippen molar-refractivity contribution in [2.24, 2.45) is 5.41 Å². The molecule has 2 heterocycles. The smallest absolute Gasteiger partial charge is 0.408 e. The van der Waals surface area contributed by atoms with E-state index in [0.29, 0.717) is 0 Å². The van der Waals surface area contributed by atoms with Crippen molar-refractivity contribution in [3.63, 3.8) is 0 Å². The average Bonchev–Trinajstić information content (AvgIpc) is 2.50. The highest BCUT2D eigenvalue weighted by atomic mass is 32.1. The van der Waals surface area contributed by atoms with Gasteiger partial charge in [-0.15, -0.1) is 0 Å². The van der Waals surface area contributed by atoms with E-state index in [0.717, 1.165) is 0 Å². The third-order valence-corrected chi connectivity index (χ3v) is 5.13. The Kier molecular flexibility index (Phi) is 3.88. The lowest BCUT2D eigenvalue weighted by Gasteiger charge is -2.45. The molecule has 7 nitrogen and oxygen atoms in total. The van der Waals surface area contributed by atoms with Gasteiger partial charge in [-0.25, -0.2) is 9.59 Å². The number of alkyl carbamates (subject to hydrolysis) is 1. The van der Waals surface area contributed by atoms with Crippen LogP contribution in [0.3, 0.4) is 0 Å². The Morgan fingerprint density at radius 2 is 1.91 bits per heavy atom. The number of nitrogens with one attached hydrogen (secondary N) is 1. The van der Waals surface area contributed by atoms with Crippen LogP contribution < -0.4 is 5.32 Å². The van der Waals surface area contributed by atoms with Crippen LogP contribution in [-0.2, 0) is 14.3 Å². The Balaban J connectivity index is 2.15. The van der Waals surface area contributed by atoms with Crippen molar-refractivity contribution in [3.8, 4) is 0 Å². The Morgan fingerprint density at radius 1 is 1.36 bits per heavy atom. The van der Waals surface area contributed by atoms with E-state index in [4.69, 9.17) is 4.74 Å². The molecule has 2 aliphatic rings. The molecule has 0 aromatic rings. The summed E-state index contributed by atoms with van der Waals surface area (Å²) in [7, 11) is 0. The van der Waals surface area contributed by atoms with Crippen LogP contribution in [0.5, 0.6) is 0 Å². The molecule has 0 spiro atoms. The van der Waals surface area contributed by atoms with E-state index >= 15 is 0 Å². The Hall–Kier alpha value is -1.44. The number of rotatable bonds is 2. The SMILES string of the molecule is CC(C)(C)OC(=O)NC1C(=O)N2C1C(S)C(C)(C)C2C(=O)O. The first-order valence-corrected chi connectivity index (χ1v) is 7.62. The van der Waals surface area contributed by atoms with Crippen molar-refractivity contribution in [2.75, 3.05) is 0 Å². The topological polar surface area (TPSA) is 95.9 Å². The van der Waals surface area contributed by atoms with Crippen LogP contribution in [0.2, 0.25) is 0 Å². The van der Waals surface area contributed by atoms with Gasteiger partial charge in [0.25, 0.3) is 0 Å². The second kappa shape index (κ2) is 5.04. The van der Waals surface area contributed by atoms with Crippen molar-refractivity contribution in [2.45, 2.75) is 63.6 Å². The average molecular weight is 330 g/mol. The maximum absolute atomic E-state index is 12.3. The second-order valence-electron chi connectivity index (χ2n) is 7.37. The van der Waals surface area contributed by atoms with Gasteiger partial charge in [-0.3, -0.25) is 4.79 Å². The first-order valence-electron chi connectivity index (χ1n) is 7.10. The summed E-state index contributed by atoms with van der Waals surface area (Å²) in [4.78, 5) is 36.9. The van der Waals surface area contributed by atoms with Crippen molar-refractivity contribution in [3.05, 3.63) is 0 Å². The monoisotopic (exact) mass is 330 g/mol. The third-order valence-electron chi connectivity index (χ3n) is 4.16. The second-order valence-corrected chi connectivity index (χ2v) is 7.92. The standard InChI is InChI=1S/C14H22N2O5S/c1-13(2,3)21-12(20)15-6-7-9(22)14(4,5)8(11(18)19)16(7)10(6)17/h6-9,22H,1-5H3,(H,15,20)(H,18,19). The van der Waals surface area contributed by atoms with Crippen LogP contribution in [0.4, 0.5) is 4.79 Å². The van der Waals surface area contributed by atoms with Crippen molar-refractivity contribution < 1.29 is 24.2 Å². The van der Waals surface area contributed by atoms with Crippen molar-refractivity contribution >= 4 is 30.6 Å². The first kappa shape index (κ1) is 16.9. The Morgan fingerprint density at radius 3 is 2.36 bits per heavy atom. The molecule has 2 N–H and O–H groups in total. The van der Waals surface area contributed by atoms with Crippen molar-refractivity contribution in [1.29, 1.82) is 0 Å². The van der Waals surface area contributed by atoms with Crippen molar-refractivity contribution in [1.82, 2.24) is 10.2 Å². The maximum atomic E-state index is 12.3. The van der Waals surface area contributed by atoms with E-state index in [1.165, 1.54) is 4.90 Å². The quantitative estimate of drug-likeness (QED) is 0.516. The van der Waals surface area contributed by atoms with Crippen LogP contribution in [0.1, 0.15) is 34.6 Å². The van der Waals surface area contributed by atoms with Crippen LogP contribution in [0, 0.1) is 5.41 Å². The number of amides is 2. The number of thiol groups is 1. The summed E-state index contributed by atoms with van der Waals surface area (Å²) in [5.41, 5.74) is -1.37. The molecule has 2 saturated heterocycles. The number of fused-ring (bicyclic) bond motifs is 1. The summed E-state index contributed by atoms with van der Waals surface area (Å²) < 4.78 is 5.14. The summed E-state index contributed by atoms with van der Waals surface area (Å²) in [5, 5.41) is 11.6. The molecule has 0 aromatic carbocycles. The van der Waals surface area contributed by atoms with E-state index in [2.05, 4.69) is 17.9 Å². The summed E-state index contributed by atoms with van der Waals surface area (Å²) in [6.45, 7) is 8.70. The van der Waals surface area contributed by atoms with Crippen LogP contribution in [-0.4, -0.2) is 57.0 Å². The fraction of sp³-hybridized carbons (Fsp3) is 0.786. The number of carboxylic acids is 1. The zero-order valence-corrected chi connectivity index (χ0v) is 14.2. The summed E-state index contributed by atoms with van der Waals surface area (Å²) in [5.74, 6) is -1.47. The van der Waals surface area contributed by atoms with Gasteiger partial charge in [-0.2, -0.15) is 12.6 Å². The molecule has 0 saturated carbocycles. The molecule has 2 rings (SSSR count). The van der Waals surface area contributed by atoms with E-state index in [9.17, 15) is 19.5 Å². The molecule has 2 fully saturated rings. The lowest BCUT2D eigenvalue weighted by atomic mass is 9.82. The summed E-state index contributed by atoms with van der Waals surface area (Å²) in [6, 6.07) is -2.18. The predicted octanol–water partition coefficient (Wildman–Crippen LogP) is 0.882. The molecule has 0 bridgehead atoms. The Labute approximate surface area is 134 Å². The molecule has 2 aliphatic heterocycles. The zero-order valence-electron chi connectivity index (χ0n) is 13.3. The predicted molar refractivity (Wildman–Crippen MR) is 81.8 cm³/mol. The fourth-order valence-corrected chi connectivity index (χ4v) is 3.60. The van der Waals surface area contributed by atoms with Gasteiger partial charge >= 0.3 is 12.1 Å². The molecular formula is C14H22N2O5S. The summed E-state index contributed by atoms with van der Waals surface area (Å²) >= 11 is 4.49. The molecular weight excluding hydrogens is 308 g/mol. The minimum atomic E-state index is -1.06. The fourth-order valence-electron chi connectivity index (χ4n) is 3.15. The Bertz CT molecular complexity index is 528. The molecule has 124 valence electrons. The van der Waals surface area contributed by atoms with E-state index < -0.39 is 47.1 Å². The number of carbonyl (C=O) groups excluding carboxylic acids is 2. The van der Waals surface area contributed by atoms with Crippen LogP contribution in [0.15, 0.2) is 0 Å². The normalized spacial score (nSPS) is 33.0. The highest BCUT2D eigenvalue weighted by Gasteiger charge is 2.67. The number of ether oxygens (including phenoxy) is 1. The van der Waals surface area contributed by atoms with E-state index in [-0.39, 0.29) is 5.25 Å². The number of hydrogen-bond acceptors (Lipinski definition) is 5. The van der Waals surface area contributed by atoms with Gasteiger partial charge in [0, 0.05) is 10.7 Å². The molecule has 22 heavy (non-hydrogen) atoms. The number of aliphatic carboxylic acids is 1. The molecule has 0 aromatic heterocycles. The van der Waals surface area contributed by atoms with E-state index in [1.807, 2.05) is 0 Å². The van der Waals surface area contributed by atoms with Gasteiger partial charge in [-0.1, -0.05) is 13.8 Å². The van der Waals surface area contributed by atoms with E-state index in [1.54, 1.807) is 34.6 Å². The van der Waals surface area contributed by atoms with Gasteiger partial charge in [0.2, 0.25) is 5.91 Å². The molecule has 4 unspecified atom stereocenters. The minimum absolute atomic E-state index is 0.355. The summed E-state index contributed by atoms with van der Waals surface area (Å²) in [6.07, 6.45) is -0.692. The largest absolute Gasteiger partial charge is 0.480 e. The minimum Gasteiger partial charge on any atom is -0.480 e. The lowest BCUT2D eigenvalue weighted by Crippen LogP contribution is -2.72. The van der Waals surface area contributed by atoms with Gasteiger partial charge in [0.1, 0.15) is 17.7 Å². The highest BCUT2D eigenvalue weighted by Crippen LogP contribution is 2.49. The number of nitrogens with zero attached hydrogens (tertiary/aromatic N) is 1. The number of carbonyl (C=O) groups is 3. The highest BCUT2D eigenvalue weighted by molar-refractivity contribution is 7.81. The number of β-lactam (4-membered cyclic amide) rings is 1. The molecule has 0 radical (unpaired) electrons. The number of carboxylic acid groups (broad SMARTS) is 1. The van der Waals surface area contributed by atoms with Gasteiger partial charge in [-0.05, 0) is 20.8 Å². The van der Waals surface area contributed by atoms with Gasteiger partial charge < -0.3 is 20.1 Å². The molecule has 8 heteroatoms. The zero-order chi connectivity index (χ0) is 17.0.